The fourth-order valence-electron chi connectivity index (χ4n) is 4.01. The highest BCUT2D eigenvalue weighted by Gasteiger charge is 2.13. The molecule has 1 aliphatic rings. The highest BCUT2D eigenvalue weighted by atomic mass is 16.5. The van der Waals surface area contributed by atoms with Crippen molar-refractivity contribution in [2.75, 3.05) is 41.8 Å². The molecule has 8 heteroatoms. The molecule has 0 saturated carbocycles. The maximum atomic E-state index is 12.7. The molecule has 1 fully saturated rings. The van der Waals surface area contributed by atoms with Crippen LogP contribution in [0.2, 0.25) is 0 Å². The van der Waals surface area contributed by atoms with Crippen LogP contribution in [0.1, 0.15) is 21.5 Å². The minimum atomic E-state index is -0.157. The molecule has 0 spiro atoms. The summed E-state index contributed by atoms with van der Waals surface area (Å²) in [4.78, 5) is 28.5. The van der Waals surface area contributed by atoms with Crippen LogP contribution in [-0.2, 0) is 4.74 Å². The van der Waals surface area contributed by atoms with Crippen LogP contribution >= 0.6 is 0 Å². The lowest BCUT2D eigenvalue weighted by Gasteiger charge is -2.28. The topological polar surface area (TPSA) is 92.3 Å². The lowest BCUT2D eigenvalue weighted by molar-refractivity contribution is 0.102. The Morgan fingerprint density at radius 1 is 0.972 bits per heavy atom. The molecule has 182 valence electrons. The van der Waals surface area contributed by atoms with E-state index in [1.807, 2.05) is 74.8 Å². The average Bonchev–Trinajstić information content (AvgIpc) is 2.92. The lowest BCUT2D eigenvalue weighted by atomic mass is 10.1. The van der Waals surface area contributed by atoms with Crippen molar-refractivity contribution in [2.24, 2.45) is 0 Å². The van der Waals surface area contributed by atoms with Gasteiger partial charge in [-0.05, 0) is 55.8 Å². The van der Waals surface area contributed by atoms with E-state index in [0.29, 0.717) is 17.2 Å². The minimum absolute atomic E-state index is 0.157. The van der Waals surface area contributed by atoms with Crippen molar-refractivity contribution in [3.63, 3.8) is 0 Å². The second-order valence-corrected chi connectivity index (χ2v) is 8.77. The molecule has 5 rings (SSSR count). The van der Waals surface area contributed by atoms with Gasteiger partial charge in [-0.1, -0.05) is 23.8 Å². The Morgan fingerprint density at radius 3 is 2.58 bits per heavy atom. The quantitative estimate of drug-likeness (QED) is 0.402. The number of carbonyl (C=O) groups excluding carboxylic acids is 1. The van der Waals surface area contributed by atoms with E-state index in [1.165, 1.54) is 0 Å². The predicted molar refractivity (Wildman–Crippen MR) is 142 cm³/mol. The predicted octanol–water partition coefficient (Wildman–Crippen LogP) is 4.99. The number of benzene rings is 2. The van der Waals surface area contributed by atoms with Gasteiger partial charge in [0.1, 0.15) is 0 Å². The lowest BCUT2D eigenvalue weighted by Crippen LogP contribution is -2.36. The molecule has 1 amide bonds. The van der Waals surface area contributed by atoms with E-state index in [1.54, 1.807) is 6.20 Å². The smallest absolute Gasteiger partial charge is 0.255 e. The number of rotatable bonds is 6. The van der Waals surface area contributed by atoms with E-state index in [0.717, 1.165) is 60.1 Å². The third kappa shape index (κ3) is 5.50. The molecule has 0 atom stereocenters. The molecule has 1 aliphatic heterocycles. The first-order chi connectivity index (χ1) is 17.5. The van der Waals surface area contributed by atoms with Gasteiger partial charge in [0, 0.05) is 48.0 Å². The fraction of sp³-hybridized carbons (Fsp3) is 0.214. The second-order valence-electron chi connectivity index (χ2n) is 8.77. The Hall–Kier alpha value is -4.30. The Kier molecular flexibility index (Phi) is 6.86. The highest BCUT2D eigenvalue weighted by Crippen LogP contribution is 2.26. The zero-order valence-corrected chi connectivity index (χ0v) is 20.4. The summed E-state index contributed by atoms with van der Waals surface area (Å²) in [6, 6.07) is 17.2. The first kappa shape index (κ1) is 23.4. The van der Waals surface area contributed by atoms with Crippen LogP contribution in [0.25, 0.3) is 11.3 Å². The van der Waals surface area contributed by atoms with Crippen molar-refractivity contribution in [1.29, 1.82) is 0 Å². The first-order valence-electron chi connectivity index (χ1n) is 11.9. The first-order valence-corrected chi connectivity index (χ1v) is 11.9. The SMILES string of the molecule is Cc1ccc(C(=O)Nc2ccc(C)c(Nc3nccc(-c4cncc(N5CCOCC5)c4)n3)c2)cc1. The van der Waals surface area contributed by atoms with Crippen LogP contribution in [-0.4, -0.2) is 47.2 Å². The van der Waals surface area contributed by atoms with Gasteiger partial charge in [0.25, 0.3) is 5.91 Å². The largest absolute Gasteiger partial charge is 0.378 e. The van der Waals surface area contributed by atoms with Gasteiger partial charge < -0.3 is 20.3 Å². The summed E-state index contributed by atoms with van der Waals surface area (Å²) in [6.07, 6.45) is 5.40. The molecule has 0 aliphatic carbocycles. The molecule has 0 unspecified atom stereocenters. The monoisotopic (exact) mass is 480 g/mol. The number of nitrogens with one attached hydrogen (secondary N) is 2. The van der Waals surface area contributed by atoms with Gasteiger partial charge in [0.15, 0.2) is 0 Å². The number of amides is 1. The Labute approximate surface area is 210 Å². The number of carbonyl (C=O) groups is 1. The van der Waals surface area contributed by atoms with Crippen molar-refractivity contribution >= 4 is 28.9 Å². The minimum Gasteiger partial charge on any atom is -0.378 e. The molecular weight excluding hydrogens is 452 g/mol. The molecule has 2 N–H and O–H groups in total. The maximum absolute atomic E-state index is 12.7. The summed E-state index contributed by atoms with van der Waals surface area (Å²) in [5.74, 6) is 0.310. The summed E-state index contributed by atoms with van der Waals surface area (Å²) in [6.45, 7) is 7.11. The molecular formula is C28H28N6O2. The van der Waals surface area contributed by atoms with Crippen LogP contribution in [0, 0.1) is 13.8 Å². The zero-order chi connectivity index (χ0) is 24.9. The van der Waals surface area contributed by atoms with E-state index in [9.17, 15) is 4.79 Å². The summed E-state index contributed by atoms with van der Waals surface area (Å²) in [7, 11) is 0. The van der Waals surface area contributed by atoms with Crippen LogP contribution < -0.4 is 15.5 Å². The van der Waals surface area contributed by atoms with Crippen LogP contribution in [0.3, 0.4) is 0 Å². The maximum Gasteiger partial charge on any atom is 0.255 e. The molecule has 0 radical (unpaired) electrons. The number of hydrogen-bond donors (Lipinski definition) is 2. The number of hydrogen-bond acceptors (Lipinski definition) is 7. The molecule has 1 saturated heterocycles. The van der Waals surface area contributed by atoms with Gasteiger partial charge in [0.2, 0.25) is 5.95 Å². The Bertz CT molecular complexity index is 1370. The molecule has 36 heavy (non-hydrogen) atoms. The number of aromatic nitrogens is 3. The van der Waals surface area contributed by atoms with Gasteiger partial charge in [0.05, 0.1) is 30.8 Å². The van der Waals surface area contributed by atoms with Gasteiger partial charge in [-0.15, -0.1) is 0 Å². The van der Waals surface area contributed by atoms with Gasteiger partial charge in [-0.2, -0.15) is 0 Å². The molecule has 4 aromatic rings. The summed E-state index contributed by atoms with van der Waals surface area (Å²) >= 11 is 0. The van der Waals surface area contributed by atoms with Crippen molar-refractivity contribution in [3.05, 3.63) is 89.9 Å². The van der Waals surface area contributed by atoms with Crippen LogP contribution in [0.4, 0.5) is 23.0 Å². The van der Waals surface area contributed by atoms with E-state index in [4.69, 9.17) is 9.72 Å². The zero-order valence-electron chi connectivity index (χ0n) is 20.4. The number of anilines is 4. The number of morpholine rings is 1. The third-order valence-corrected chi connectivity index (χ3v) is 6.11. The van der Waals surface area contributed by atoms with Crippen LogP contribution in [0.5, 0.6) is 0 Å². The van der Waals surface area contributed by atoms with Crippen molar-refractivity contribution in [2.45, 2.75) is 13.8 Å². The molecule has 3 heterocycles. The summed E-state index contributed by atoms with van der Waals surface area (Å²) < 4.78 is 5.46. The second kappa shape index (κ2) is 10.5. The number of pyridine rings is 1. The van der Waals surface area contributed by atoms with Crippen molar-refractivity contribution in [3.8, 4) is 11.3 Å². The van der Waals surface area contributed by atoms with E-state index >= 15 is 0 Å². The van der Waals surface area contributed by atoms with Crippen molar-refractivity contribution in [1.82, 2.24) is 15.0 Å². The summed E-state index contributed by atoms with van der Waals surface area (Å²) in [5, 5.41) is 6.26. The average molecular weight is 481 g/mol. The van der Waals surface area contributed by atoms with E-state index in [-0.39, 0.29) is 5.91 Å². The standard InChI is InChI=1S/C28H28N6O2/c1-19-3-6-21(7-4-19)27(35)31-23-8-5-20(2)26(16-23)33-28-30-10-9-25(32-28)22-15-24(18-29-17-22)34-11-13-36-14-12-34/h3-10,15-18H,11-14H2,1-2H3,(H,31,35)(H,30,32,33). The number of ether oxygens (including phenoxy) is 1. The normalized spacial score (nSPS) is 13.3. The Morgan fingerprint density at radius 2 is 1.78 bits per heavy atom. The molecule has 8 nitrogen and oxygen atoms in total. The van der Waals surface area contributed by atoms with Gasteiger partial charge in [-0.3, -0.25) is 9.78 Å². The molecule has 0 bridgehead atoms. The third-order valence-electron chi connectivity index (χ3n) is 6.11. The number of nitrogens with zero attached hydrogens (tertiary/aromatic N) is 4. The fourth-order valence-corrected chi connectivity index (χ4v) is 4.01. The molecule has 2 aromatic carbocycles. The molecule has 2 aromatic heterocycles. The van der Waals surface area contributed by atoms with Crippen molar-refractivity contribution < 1.29 is 9.53 Å². The van der Waals surface area contributed by atoms with Gasteiger partial charge in [-0.25, -0.2) is 9.97 Å². The highest BCUT2D eigenvalue weighted by molar-refractivity contribution is 6.04. The van der Waals surface area contributed by atoms with Gasteiger partial charge >= 0.3 is 0 Å². The summed E-state index contributed by atoms with van der Waals surface area (Å²) in [5.41, 5.74) is 6.97. The van der Waals surface area contributed by atoms with Crippen LogP contribution in [0.15, 0.2) is 73.2 Å². The van der Waals surface area contributed by atoms with E-state index in [2.05, 4.69) is 31.6 Å². The van der Waals surface area contributed by atoms with E-state index < -0.39 is 0 Å². The number of aryl methyl sites for hydroxylation is 2. The Balaban J connectivity index is 1.33.